The molecule has 1 heterocycles. The van der Waals surface area contributed by atoms with Crippen LogP contribution in [0.5, 0.6) is 5.75 Å². The van der Waals surface area contributed by atoms with Crippen molar-refractivity contribution in [1.29, 1.82) is 0 Å². The summed E-state index contributed by atoms with van der Waals surface area (Å²) < 4.78 is 11.4. The smallest absolute Gasteiger partial charge is 0.337 e. The quantitative estimate of drug-likeness (QED) is 0.421. The second kappa shape index (κ2) is 7.62. The lowest BCUT2D eigenvalue weighted by Gasteiger charge is -2.21. The van der Waals surface area contributed by atoms with Crippen molar-refractivity contribution in [1.82, 2.24) is 0 Å². The molecule has 1 fully saturated rings. The van der Waals surface area contributed by atoms with Gasteiger partial charge in [0, 0.05) is 13.0 Å². The molecule has 1 saturated heterocycles. The fourth-order valence-electron chi connectivity index (χ4n) is 2.29. The Hall–Kier alpha value is -1.57. The molecule has 0 radical (unpaired) electrons. The van der Waals surface area contributed by atoms with Crippen molar-refractivity contribution in [2.24, 2.45) is 0 Å². The predicted molar refractivity (Wildman–Crippen MR) is 92.4 cm³/mol. The van der Waals surface area contributed by atoms with Crippen LogP contribution in [0.25, 0.3) is 0 Å². The molecule has 1 aromatic carbocycles. The van der Waals surface area contributed by atoms with Gasteiger partial charge in [-0.2, -0.15) is 0 Å². The van der Waals surface area contributed by atoms with Gasteiger partial charge in [-0.1, -0.05) is 12.2 Å². The fourth-order valence-corrected chi connectivity index (χ4v) is 3.06. The van der Waals surface area contributed by atoms with Gasteiger partial charge in [0.1, 0.15) is 6.61 Å². The molecule has 5 nitrogen and oxygen atoms in total. The summed E-state index contributed by atoms with van der Waals surface area (Å²) in [5.74, 6) is 0.251. The number of halogens is 1. The number of ether oxygens (including phenoxy) is 2. The van der Waals surface area contributed by atoms with E-state index in [2.05, 4.69) is 22.6 Å². The number of benzene rings is 1. The van der Waals surface area contributed by atoms with E-state index in [1.54, 1.807) is 17.0 Å². The van der Waals surface area contributed by atoms with E-state index in [4.69, 9.17) is 9.47 Å². The van der Waals surface area contributed by atoms with Gasteiger partial charge in [-0.05, 0) is 48.1 Å². The predicted octanol–water partition coefficient (Wildman–Crippen LogP) is 3.16. The zero-order chi connectivity index (χ0) is 16.1. The number of allylic oxidation sites excluding steroid dienone is 1. The zero-order valence-corrected chi connectivity index (χ0v) is 14.8. The first kappa shape index (κ1) is 16.8. The molecule has 1 amide bonds. The normalized spacial score (nSPS) is 14.7. The minimum absolute atomic E-state index is 0.0497. The third-order valence-corrected chi connectivity index (χ3v) is 4.17. The van der Waals surface area contributed by atoms with Gasteiger partial charge in [0.15, 0.2) is 5.75 Å². The Bertz CT molecular complexity index is 612. The van der Waals surface area contributed by atoms with Crippen LogP contribution in [-0.2, 0) is 9.53 Å². The second-order valence-corrected chi connectivity index (χ2v) is 5.99. The average molecular weight is 415 g/mol. The standard InChI is InChI=1S/C16H18INO4/c1-3-4-8-22-15-12(17)9-11(16(20)21-2)10-13(15)18-7-5-6-14(18)19/h3-4,9-10H,5-8H2,1-2H3. The van der Waals surface area contributed by atoms with Crippen molar-refractivity contribution in [2.45, 2.75) is 19.8 Å². The lowest BCUT2D eigenvalue weighted by Crippen LogP contribution is -2.25. The molecular weight excluding hydrogens is 397 g/mol. The van der Waals surface area contributed by atoms with Gasteiger partial charge in [-0.3, -0.25) is 4.79 Å². The van der Waals surface area contributed by atoms with Crippen LogP contribution in [0.15, 0.2) is 24.3 Å². The third-order valence-electron chi connectivity index (χ3n) is 3.37. The summed E-state index contributed by atoms with van der Waals surface area (Å²) in [7, 11) is 1.34. The van der Waals surface area contributed by atoms with Crippen molar-refractivity contribution in [3.63, 3.8) is 0 Å². The van der Waals surface area contributed by atoms with Crippen LogP contribution in [0.1, 0.15) is 30.1 Å². The maximum absolute atomic E-state index is 12.1. The van der Waals surface area contributed by atoms with Crippen molar-refractivity contribution in [2.75, 3.05) is 25.2 Å². The van der Waals surface area contributed by atoms with Gasteiger partial charge in [0.05, 0.1) is 21.9 Å². The first-order valence-corrected chi connectivity index (χ1v) is 8.12. The van der Waals surface area contributed by atoms with Gasteiger partial charge in [-0.15, -0.1) is 0 Å². The zero-order valence-electron chi connectivity index (χ0n) is 12.6. The topological polar surface area (TPSA) is 55.8 Å². The Kier molecular flexibility index (Phi) is 5.82. The number of esters is 1. The lowest BCUT2D eigenvalue weighted by atomic mass is 10.1. The number of rotatable bonds is 5. The van der Waals surface area contributed by atoms with Gasteiger partial charge in [0.25, 0.3) is 0 Å². The Labute approximate surface area is 143 Å². The summed E-state index contributed by atoms with van der Waals surface area (Å²) in [6.45, 7) is 2.97. The molecular formula is C16H18INO4. The van der Waals surface area contributed by atoms with Crippen molar-refractivity contribution >= 4 is 40.2 Å². The van der Waals surface area contributed by atoms with Crippen LogP contribution in [0.2, 0.25) is 0 Å². The molecule has 0 N–H and O–H groups in total. The largest absolute Gasteiger partial charge is 0.486 e. The highest BCUT2D eigenvalue weighted by Crippen LogP contribution is 2.37. The summed E-state index contributed by atoms with van der Waals surface area (Å²) in [5, 5.41) is 0. The van der Waals surface area contributed by atoms with Crippen molar-refractivity contribution in [3.8, 4) is 5.75 Å². The summed E-state index contributed by atoms with van der Waals surface area (Å²) in [6.07, 6.45) is 5.12. The molecule has 0 aromatic heterocycles. The van der Waals surface area contributed by atoms with E-state index in [-0.39, 0.29) is 5.91 Å². The van der Waals surface area contributed by atoms with Gasteiger partial charge < -0.3 is 14.4 Å². The fraction of sp³-hybridized carbons (Fsp3) is 0.375. The monoisotopic (exact) mass is 415 g/mol. The second-order valence-electron chi connectivity index (χ2n) is 4.83. The van der Waals surface area contributed by atoms with Crippen LogP contribution < -0.4 is 9.64 Å². The van der Waals surface area contributed by atoms with Gasteiger partial charge >= 0.3 is 5.97 Å². The summed E-state index contributed by atoms with van der Waals surface area (Å²) in [5.41, 5.74) is 1.05. The molecule has 0 atom stereocenters. The van der Waals surface area contributed by atoms with E-state index in [9.17, 15) is 9.59 Å². The van der Waals surface area contributed by atoms with Gasteiger partial charge in [-0.25, -0.2) is 4.79 Å². The van der Waals surface area contributed by atoms with Crippen LogP contribution in [0.3, 0.4) is 0 Å². The maximum Gasteiger partial charge on any atom is 0.337 e. The van der Waals surface area contributed by atoms with Crippen molar-refractivity contribution < 1.29 is 19.1 Å². The molecule has 1 aliphatic rings. The van der Waals surface area contributed by atoms with Crippen LogP contribution in [0.4, 0.5) is 5.69 Å². The molecule has 1 aliphatic heterocycles. The summed E-state index contributed by atoms with van der Waals surface area (Å²) in [4.78, 5) is 25.5. The maximum atomic E-state index is 12.1. The van der Waals surface area contributed by atoms with Crippen LogP contribution >= 0.6 is 22.6 Å². The Balaban J connectivity index is 2.45. The van der Waals surface area contributed by atoms with E-state index >= 15 is 0 Å². The Morgan fingerprint density at radius 2 is 2.23 bits per heavy atom. The average Bonchev–Trinajstić information content (AvgIpc) is 2.93. The number of hydrogen-bond donors (Lipinski definition) is 0. The molecule has 0 bridgehead atoms. The minimum atomic E-state index is -0.425. The van der Waals surface area contributed by atoms with E-state index < -0.39 is 5.97 Å². The first-order chi connectivity index (χ1) is 10.6. The Morgan fingerprint density at radius 1 is 1.45 bits per heavy atom. The van der Waals surface area contributed by atoms with Crippen LogP contribution in [-0.4, -0.2) is 32.1 Å². The third kappa shape index (κ3) is 3.60. The minimum Gasteiger partial charge on any atom is -0.486 e. The number of methoxy groups -OCH3 is 1. The summed E-state index contributed by atoms with van der Waals surface area (Å²) in [6, 6.07) is 3.38. The molecule has 1 aromatic rings. The van der Waals surface area contributed by atoms with E-state index in [1.807, 2.05) is 19.1 Å². The molecule has 0 saturated carbocycles. The Morgan fingerprint density at radius 3 is 2.82 bits per heavy atom. The highest BCUT2D eigenvalue weighted by Gasteiger charge is 2.27. The highest BCUT2D eigenvalue weighted by molar-refractivity contribution is 14.1. The van der Waals surface area contributed by atoms with Gasteiger partial charge in [0.2, 0.25) is 5.91 Å². The molecule has 6 heteroatoms. The highest BCUT2D eigenvalue weighted by atomic mass is 127. The number of amides is 1. The number of nitrogens with zero attached hydrogens (tertiary/aromatic N) is 1. The molecule has 22 heavy (non-hydrogen) atoms. The molecule has 2 rings (SSSR count). The molecule has 118 valence electrons. The molecule has 0 spiro atoms. The summed E-state index contributed by atoms with van der Waals surface area (Å²) >= 11 is 2.11. The van der Waals surface area contributed by atoms with E-state index in [0.717, 1.165) is 9.99 Å². The molecule has 0 aliphatic carbocycles. The molecule has 0 unspecified atom stereocenters. The van der Waals surface area contributed by atoms with Crippen LogP contribution in [0, 0.1) is 3.57 Å². The SMILES string of the molecule is CC=CCOc1c(I)cc(C(=O)OC)cc1N1CCCC1=O. The number of carbonyl (C=O) groups is 2. The van der Waals surface area contributed by atoms with Crippen molar-refractivity contribution in [3.05, 3.63) is 33.4 Å². The van der Waals surface area contributed by atoms with E-state index in [1.165, 1.54) is 7.11 Å². The number of hydrogen-bond acceptors (Lipinski definition) is 4. The number of anilines is 1. The van der Waals surface area contributed by atoms with E-state index in [0.29, 0.717) is 36.6 Å². The lowest BCUT2D eigenvalue weighted by molar-refractivity contribution is -0.117. The first-order valence-electron chi connectivity index (χ1n) is 7.04. The number of carbonyl (C=O) groups excluding carboxylic acids is 2.